The normalized spacial score (nSPS) is 9.70. The second kappa shape index (κ2) is 9.14. The number of carboxylic acids is 3. The average Bonchev–Trinajstić information content (AvgIpc) is 2.65. The first-order chi connectivity index (χ1) is 12.7. The summed E-state index contributed by atoms with van der Waals surface area (Å²) >= 11 is 0. The zero-order valence-corrected chi connectivity index (χ0v) is 14.7. The van der Waals surface area contributed by atoms with Crippen molar-refractivity contribution in [2.45, 2.75) is 13.3 Å². The van der Waals surface area contributed by atoms with E-state index in [1.807, 2.05) is 0 Å². The first-order valence-corrected chi connectivity index (χ1v) is 7.67. The number of carbonyl (C=O) groups excluding carboxylic acids is 1. The second-order valence-corrected chi connectivity index (χ2v) is 5.22. The van der Waals surface area contributed by atoms with Crippen LogP contribution in [0.1, 0.15) is 43.6 Å². The summed E-state index contributed by atoms with van der Waals surface area (Å²) in [4.78, 5) is 43.6. The highest BCUT2D eigenvalue weighted by Crippen LogP contribution is 2.28. The number of carbonyl (C=O) groups is 4. The Morgan fingerprint density at radius 2 is 1.59 bits per heavy atom. The minimum atomic E-state index is -1.35. The Morgan fingerprint density at radius 3 is 1.96 bits per heavy atom. The van der Waals surface area contributed by atoms with E-state index in [1.165, 1.54) is 31.4 Å². The Kier molecular flexibility index (Phi) is 7.23. The van der Waals surface area contributed by atoms with Crippen LogP contribution in [0, 0.1) is 0 Å². The number of aryl methyl sites for hydroxylation is 1. The molecule has 0 saturated heterocycles. The van der Waals surface area contributed by atoms with Gasteiger partial charge < -0.3 is 20.1 Å². The summed E-state index contributed by atoms with van der Waals surface area (Å²) in [5.41, 5.74) is -0.187. The molecule has 0 atom stereocenters. The fraction of sp³-hybridized carbons (Fsp3) is 0.158. The van der Waals surface area contributed by atoms with Crippen LogP contribution < -0.4 is 0 Å². The summed E-state index contributed by atoms with van der Waals surface area (Å²) in [5.74, 6) is -4.19. The number of rotatable bonds is 5. The number of ether oxygens (including phenoxy) is 1. The smallest absolute Gasteiger partial charge is 0.337 e. The average molecular weight is 374 g/mol. The summed E-state index contributed by atoms with van der Waals surface area (Å²) in [7, 11) is 1.31. The molecule has 0 aliphatic carbocycles. The van der Waals surface area contributed by atoms with E-state index >= 15 is 0 Å². The number of esters is 1. The molecule has 27 heavy (non-hydrogen) atoms. The molecule has 2 aromatic rings. The van der Waals surface area contributed by atoms with Crippen LogP contribution >= 0.6 is 0 Å². The molecule has 0 heterocycles. The number of carboxylic acid groups (broad SMARTS) is 3. The monoisotopic (exact) mass is 374 g/mol. The number of benzene rings is 2. The molecule has 0 saturated carbocycles. The van der Waals surface area contributed by atoms with E-state index in [2.05, 4.69) is 11.3 Å². The van der Waals surface area contributed by atoms with Crippen LogP contribution in [0.5, 0.6) is 0 Å². The summed E-state index contributed by atoms with van der Waals surface area (Å²) < 4.78 is 4.14. The lowest BCUT2D eigenvalue weighted by atomic mass is 9.92. The van der Waals surface area contributed by atoms with Gasteiger partial charge in [-0.1, -0.05) is 25.6 Å². The molecule has 0 bridgehead atoms. The molecule has 0 aliphatic rings. The van der Waals surface area contributed by atoms with E-state index in [0.717, 1.165) is 6.08 Å². The highest BCUT2D eigenvalue weighted by atomic mass is 16.5. The Hall–Kier alpha value is -3.68. The van der Waals surface area contributed by atoms with Crippen molar-refractivity contribution in [3.8, 4) is 0 Å². The fourth-order valence-corrected chi connectivity index (χ4v) is 2.43. The van der Waals surface area contributed by atoms with Crippen LogP contribution in [0.15, 0.2) is 36.9 Å². The maximum Gasteiger partial charge on any atom is 0.337 e. The molecule has 0 aromatic heterocycles. The van der Waals surface area contributed by atoms with Gasteiger partial charge in [0.25, 0.3) is 0 Å². The van der Waals surface area contributed by atoms with E-state index in [1.54, 1.807) is 6.92 Å². The van der Waals surface area contributed by atoms with Crippen LogP contribution in [0.4, 0.5) is 0 Å². The predicted octanol–water partition coefficient (Wildman–Crippen LogP) is 2.84. The predicted molar refractivity (Wildman–Crippen MR) is 96.4 cm³/mol. The van der Waals surface area contributed by atoms with Gasteiger partial charge in [-0.2, -0.15) is 0 Å². The van der Waals surface area contributed by atoms with Crippen molar-refractivity contribution in [2.75, 3.05) is 7.11 Å². The van der Waals surface area contributed by atoms with Crippen molar-refractivity contribution in [1.82, 2.24) is 0 Å². The molecule has 2 rings (SSSR count). The third-order valence-corrected chi connectivity index (χ3v) is 3.65. The molecule has 8 heteroatoms. The maximum absolute atomic E-state index is 11.4. The zero-order chi connectivity index (χ0) is 20.7. The van der Waals surface area contributed by atoms with E-state index < -0.39 is 23.9 Å². The Morgan fingerprint density at radius 1 is 1.00 bits per heavy atom. The quantitative estimate of drug-likeness (QED) is 0.536. The van der Waals surface area contributed by atoms with E-state index in [9.17, 15) is 29.4 Å². The van der Waals surface area contributed by atoms with Crippen LogP contribution in [0.25, 0.3) is 10.8 Å². The Labute approximate surface area is 154 Å². The lowest BCUT2D eigenvalue weighted by Crippen LogP contribution is -2.12. The summed E-state index contributed by atoms with van der Waals surface area (Å²) in [6.07, 6.45) is 1.44. The van der Waals surface area contributed by atoms with Gasteiger partial charge in [-0.25, -0.2) is 19.2 Å². The van der Waals surface area contributed by atoms with Gasteiger partial charge in [-0.05, 0) is 34.9 Å². The van der Waals surface area contributed by atoms with Crippen molar-refractivity contribution in [3.05, 3.63) is 59.2 Å². The van der Waals surface area contributed by atoms with Gasteiger partial charge in [-0.15, -0.1) is 0 Å². The first-order valence-electron chi connectivity index (χ1n) is 7.67. The number of hydrogen-bond donors (Lipinski definition) is 3. The Balaban J connectivity index is 0.000000527. The Bertz CT molecular complexity index is 927. The maximum atomic E-state index is 11.4. The molecule has 142 valence electrons. The molecule has 0 fully saturated rings. The lowest BCUT2D eigenvalue weighted by Gasteiger charge is -2.12. The number of fused-ring (bicyclic) bond motifs is 1. The van der Waals surface area contributed by atoms with E-state index in [-0.39, 0.29) is 22.1 Å². The summed E-state index contributed by atoms with van der Waals surface area (Å²) in [6.45, 7) is 4.87. The molecule has 2 aromatic carbocycles. The number of methoxy groups -OCH3 is 1. The molecule has 0 radical (unpaired) electrons. The highest BCUT2D eigenvalue weighted by molar-refractivity contribution is 6.13. The first kappa shape index (κ1) is 21.4. The van der Waals surface area contributed by atoms with Crippen molar-refractivity contribution < 1.29 is 39.2 Å². The van der Waals surface area contributed by atoms with Gasteiger partial charge >= 0.3 is 23.9 Å². The molecule has 3 N–H and O–H groups in total. The van der Waals surface area contributed by atoms with Crippen LogP contribution in [-0.4, -0.2) is 46.3 Å². The van der Waals surface area contributed by atoms with Crippen molar-refractivity contribution in [3.63, 3.8) is 0 Å². The highest BCUT2D eigenvalue weighted by Gasteiger charge is 2.23. The largest absolute Gasteiger partial charge is 0.478 e. The fourth-order valence-electron chi connectivity index (χ4n) is 2.43. The topological polar surface area (TPSA) is 138 Å². The molecular weight excluding hydrogens is 356 g/mol. The van der Waals surface area contributed by atoms with Gasteiger partial charge in [0.1, 0.15) is 0 Å². The van der Waals surface area contributed by atoms with Crippen LogP contribution in [-0.2, 0) is 16.0 Å². The number of aromatic carboxylic acids is 3. The van der Waals surface area contributed by atoms with Crippen molar-refractivity contribution >= 4 is 34.6 Å². The summed E-state index contributed by atoms with van der Waals surface area (Å²) in [6, 6.07) is 5.45. The molecule has 8 nitrogen and oxygen atoms in total. The summed E-state index contributed by atoms with van der Waals surface area (Å²) in [5, 5.41) is 28.2. The molecule has 0 amide bonds. The standard InChI is InChI=1S/C15H12O6.C4H6O2/c1-2-7-5-9-6-8(13(16)17)3-4-10(9)12(15(20)21)11(7)14(18)19;1-3-4(5)6-2/h3-6H,2H2,1H3,(H,16,17)(H,18,19)(H,20,21);3H,1H2,2H3. The zero-order valence-electron chi connectivity index (χ0n) is 14.7. The third kappa shape index (κ3) is 4.91. The second-order valence-electron chi connectivity index (χ2n) is 5.22. The SMILES string of the molecule is C=CC(=O)OC.CCc1cc2cc(C(=O)O)ccc2c(C(=O)O)c1C(=O)O. The molecule has 0 spiro atoms. The minimum Gasteiger partial charge on any atom is -0.478 e. The minimum absolute atomic E-state index is 0.0176. The van der Waals surface area contributed by atoms with E-state index in [4.69, 9.17) is 5.11 Å². The van der Waals surface area contributed by atoms with Crippen LogP contribution in [0.2, 0.25) is 0 Å². The van der Waals surface area contributed by atoms with Crippen molar-refractivity contribution in [2.24, 2.45) is 0 Å². The van der Waals surface area contributed by atoms with Gasteiger partial charge in [0.15, 0.2) is 0 Å². The van der Waals surface area contributed by atoms with Gasteiger partial charge in [0.2, 0.25) is 0 Å². The number of hydrogen-bond acceptors (Lipinski definition) is 5. The lowest BCUT2D eigenvalue weighted by molar-refractivity contribution is -0.134. The molecular formula is C19H18O8. The van der Waals surface area contributed by atoms with Crippen molar-refractivity contribution in [1.29, 1.82) is 0 Å². The van der Waals surface area contributed by atoms with Gasteiger partial charge in [-0.3, -0.25) is 0 Å². The van der Waals surface area contributed by atoms with E-state index in [0.29, 0.717) is 17.4 Å². The third-order valence-electron chi connectivity index (χ3n) is 3.65. The molecule has 0 aliphatic heterocycles. The van der Waals surface area contributed by atoms with Gasteiger partial charge in [0.05, 0.1) is 23.8 Å². The van der Waals surface area contributed by atoms with Crippen LogP contribution in [0.3, 0.4) is 0 Å². The van der Waals surface area contributed by atoms with Gasteiger partial charge in [0, 0.05) is 6.08 Å². The molecule has 0 unspecified atom stereocenters.